The molecule has 0 amide bonds. The highest BCUT2D eigenvalue weighted by Gasteiger charge is 2.09. The van der Waals surface area contributed by atoms with Crippen molar-refractivity contribution >= 4 is 5.69 Å². The molecule has 0 spiro atoms. The third-order valence-corrected chi connectivity index (χ3v) is 2.78. The first-order valence-electron chi connectivity index (χ1n) is 7.45. The maximum atomic E-state index is 4.50. The summed E-state index contributed by atoms with van der Waals surface area (Å²) in [5, 5.41) is 0. The largest absolute Gasteiger partial charge is 0.374 e. The normalized spacial score (nSPS) is 9.16. The second-order valence-electron chi connectivity index (χ2n) is 4.64. The topological polar surface area (TPSA) is 29.3 Å². The van der Waals surface area contributed by atoms with Crippen LogP contribution in [0.3, 0.4) is 0 Å². The van der Waals surface area contributed by atoms with E-state index in [4.69, 9.17) is 0 Å². The lowest BCUT2D eigenvalue weighted by molar-refractivity contribution is 0.814. The fourth-order valence-corrected chi connectivity index (χ4v) is 1.94. The van der Waals surface area contributed by atoms with E-state index in [1.54, 1.807) is 0 Å². The number of hydrogen-bond donors (Lipinski definition) is 1. The van der Waals surface area contributed by atoms with E-state index in [2.05, 4.69) is 63.6 Å². The Balaban J connectivity index is 0. The van der Waals surface area contributed by atoms with Gasteiger partial charge in [0.2, 0.25) is 0 Å². The van der Waals surface area contributed by atoms with Gasteiger partial charge in [0.25, 0.3) is 0 Å². The fraction of sp³-hybridized carbons (Fsp3) is 0.647. The molecule has 0 heterocycles. The van der Waals surface area contributed by atoms with Crippen molar-refractivity contribution in [1.82, 2.24) is 0 Å². The van der Waals surface area contributed by atoms with Crippen molar-refractivity contribution in [2.45, 2.75) is 53.9 Å². The summed E-state index contributed by atoms with van der Waals surface area (Å²) in [5.74, 6) is 0.596. The highest BCUT2D eigenvalue weighted by molar-refractivity contribution is 5.55. The van der Waals surface area contributed by atoms with E-state index >= 15 is 0 Å². The number of aryl methyl sites for hydroxylation is 1. The zero-order valence-electron chi connectivity index (χ0n) is 14.2. The summed E-state index contributed by atoms with van der Waals surface area (Å²) < 4.78 is 0. The molecule has 0 bridgehead atoms. The minimum atomic E-state index is 0.596. The van der Waals surface area contributed by atoms with Crippen LogP contribution in [0.4, 0.5) is 5.69 Å². The molecular weight excluding hydrogens is 232 g/mol. The molecule has 0 aliphatic carbocycles. The predicted molar refractivity (Wildman–Crippen MR) is 90.3 cm³/mol. The van der Waals surface area contributed by atoms with Crippen LogP contribution in [0.1, 0.15) is 58.1 Å². The molecule has 0 saturated heterocycles. The van der Waals surface area contributed by atoms with Crippen LogP contribution in [0.25, 0.3) is 0 Å². The molecule has 0 saturated carbocycles. The molecule has 2 nitrogen and oxygen atoms in total. The Hall–Kier alpha value is -1.02. The molecule has 0 aromatic heterocycles. The van der Waals surface area contributed by atoms with Crippen molar-refractivity contribution < 1.29 is 0 Å². The molecule has 2 heteroatoms. The second-order valence-corrected chi connectivity index (χ2v) is 4.64. The van der Waals surface area contributed by atoms with Gasteiger partial charge in [0, 0.05) is 19.3 Å². The minimum absolute atomic E-state index is 0.596. The van der Waals surface area contributed by atoms with Crippen LogP contribution in [0.2, 0.25) is 0 Å². The number of anilines is 1. The van der Waals surface area contributed by atoms with Crippen LogP contribution >= 0.6 is 0 Å². The van der Waals surface area contributed by atoms with Gasteiger partial charge in [-0.15, -0.1) is 0 Å². The highest BCUT2D eigenvalue weighted by Crippen LogP contribution is 2.27. The monoisotopic (exact) mass is 266 g/mol. The van der Waals surface area contributed by atoms with Crippen molar-refractivity contribution in [2.24, 2.45) is 5.73 Å². The van der Waals surface area contributed by atoms with Gasteiger partial charge >= 0.3 is 0 Å². The lowest BCUT2D eigenvalue weighted by atomic mass is 9.98. The lowest BCUT2D eigenvalue weighted by Gasteiger charge is -2.24. The van der Waals surface area contributed by atoms with Gasteiger partial charge in [0.15, 0.2) is 0 Å². The number of benzene rings is 1. The van der Waals surface area contributed by atoms with Gasteiger partial charge in [-0.2, -0.15) is 0 Å². The van der Waals surface area contributed by atoms with Crippen molar-refractivity contribution in [3.05, 3.63) is 29.3 Å². The van der Waals surface area contributed by atoms with Crippen LogP contribution in [0.15, 0.2) is 18.2 Å². The number of rotatable bonds is 4. The smallest absolute Gasteiger partial charge is 0.0398 e. The molecule has 0 aliphatic rings. The van der Waals surface area contributed by atoms with Crippen molar-refractivity contribution in [2.75, 3.05) is 25.5 Å². The van der Waals surface area contributed by atoms with Gasteiger partial charge in [0.05, 0.1) is 0 Å². The summed E-state index contributed by atoms with van der Waals surface area (Å²) in [4.78, 5) is 2.36. The van der Waals surface area contributed by atoms with E-state index in [9.17, 15) is 0 Å². The molecule has 0 atom stereocenters. The Morgan fingerprint density at radius 3 is 2.11 bits per heavy atom. The van der Waals surface area contributed by atoms with Gasteiger partial charge in [0.1, 0.15) is 0 Å². The molecule has 1 rings (SSSR count). The minimum Gasteiger partial charge on any atom is -0.374 e. The lowest BCUT2D eigenvalue weighted by Crippen LogP contribution is -2.19. The molecule has 112 valence electrons. The Morgan fingerprint density at radius 2 is 1.68 bits per heavy atom. The van der Waals surface area contributed by atoms with E-state index in [-0.39, 0.29) is 0 Å². The average Bonchev–Trinajstić information content (AvgIpc) is 2.43. The summed E-state index contributed by atoms with van der Waals surface area (Å²) in [6.45, 7) is 14.0. The van der Waals surface area contributed by atoms with Crippen molar-refractivity contribution in [3.63, 3.8) is 0 Å². The second kappa shape index (κ2) is 12.0. The van der Waals surface area contributed by atoms with Gasteiger partial charge in [-0.1, -0.05) is 52.3 Å². The number of nitrogens with two attached hydrogens (primary N) is 1. The summed E-state index contributed by atoms with van der Waals surface area (Å²) in [6, 6.07) is 6.76. The molecule has 0 aliphatic heterocycles. The molecule has 0 unspecified atom stereocenters. The molecule has 0 radical (unpaired) electrons. The summed E-state index contributed by atoms with van der Waals surface area (Å²) in [7, 11) is 3.68. The van der Waals surface area contributed by atoms with Crippen LogP contribution < -0.4 is 10.6 Å². The Bertz CT molecular complexity index is 319. The van der Waals surface area contributed by atoms with Gasteiger partial charge < -0.3 is 10.6 Å². The molecule has 0 fully saturated rings. The maximum Gasteiger partial charge on any atom is 0.0398 e. The quantitative estimate of drug-likeness (QED) is 0.865. The van der Waals surface area contributed by atoms with Crippen LogP contribution in [0.5, 0.6) is 0 Å². The SMILES string of the molecule is CC.CCCN(C)c1ccc(C)cc1C(C)C.CN. The first-order chi connectivity index (χ1) is 9.06. The third-order valence-electron chi connectivity index (χ3n) is 2.78. The van der Waals surface area contributed by atoms with Crippen LogP contribution in [0, 0.1) is 6.92 Å². The maximum absolute atomic E-state index is 4.50. The Labute approximate surface area is 121 Å². The summed E-state index contributed by atoms with van der Waals surface area (Å²) in [6.07, 6.45) is 1.20. The van der Waals surface area contributed by atoms with Gasteiger partial charge in [-0.25, -0.2) is 0 Å². The van der Waals surface area contributed by atoms with Gasteiger partial charge in [-0.05, 0) is 37.9 Å². The van der Waals surface area contributed by atoms with Crippen LogP contribution in [-0.4, -0.2) is 20.6 Å². The van der Waals surface area contributed by atoms with E-state index < -0.39 is 0 Å². The fourth-order valence-electron chi connectivity index (χ4n) is 1.94. The van der Waals surface area contributed by atoms with E-state index in [1.807, 2.05) is 13.8 Å². The Kier molecular flexibility index (Phi) is 12.9. The first-order valence-corrected chi connectivity index (χ1v) is 7.45. The Morgan fingerprint density at radius 1 is 1.16 bits per heavy atom. The van der Waals surface area contributed by atoms with E-state index in [0.717, 1.165) is 6.54 Å². The molecule has 2 N–H and O–H groups in total. The average molecular weight is 266 g/mol. The van der Waals surface area contributed by atoms with E-state index in [1.165, 1.54) is 30.3 Å². The molecule has 1 aromatic rings. The van der Waals surface area contributed by atoms with Gasteiger partial charge in [-0.3, -0.25) is 0 Å². The zero-order valence-corrected chi connectivity index (χ0v) is 14.2. The number of hydrogen-bond acceptors (Lipinski definition) is 2. The molecule has 19 heavy (non-hydrogen) atoms. The van der Waals surface area contributed by atoms with Crippen LogP contribution in [-0.2, 0) is 0 Å². The first kappa shape index (κ1) is 20.3. The van der Waals surface area contributed by atoms with Crippen molar-refractivity contribution in [3.8, 4) is 0 Å². The van der Waals surface area contributed by atoms with Crippen molar-refractivity contribution in [1.29, 1.82) is 0 Å². The summed E-state index contributed by atoms with van der Waals surface area (Å²) in [5.41, 5.74) is 8.70. The van der Waals surface area contributed by atoms with E-state index in [0.29, 0.717) is 5.92 Å². The summed E-state index contributed by atoms with van der Waals surface area (Å²) >= 11 is 0. The third kappa shape index (κ3) is 7.22. The molecular formula is C17H34N2. The zero-order chi connectivity index (χ0) is 15.4. The predicted octanol–water partition coefficient (Wildman–Crippen LogP) is 4.57. The molecule has 1 aromatic carbocycles. The highest BCUT2D eigenvalue weighted by atomic mass is 15.1. The standard InChI is InChI=1S/C14H23N.C2H6.CH5N/c1-6-9-15(5)14-8-7-12(4)10-13(14)11(2)3;2*1-2/h7-8,10-11H,6,9H2,1-5H3;1-2H3;2H2,1H3. The number of nitrogens with zero attached hydrogens (tertiary/aromatic N) is 1.